The van der Waals surface area contributed by atoms with Crippen LogP contribution in [0.4, 0.5) is 0 Å². The van der Waals surface area contributed by atoms with E-state index in [0.717, 1.165) is 31.6 Å². The van der Waals surface area contributed by atoms with Gasteiger partial charge in [0, 0.05) is 24.5 Å². The summed E-state index contributed by atoms with van der Waals surface area (Å²) in [5.41, 5.74) is 1.57. The maximum atomic E-state index is 12.0. The fraction of sp³-hybridized carbons (Fsp3) is 0.538. The zero-order chi connectivity index (χ0) is 12.3. The lowest BCUT2D eigenvalue weighted by molar-refractivity contribution is 0.0912. The monoisotopic (exact) mass is 233 g/mol. The number of hydrogen-bond donors (Lipinski definition) is 1. The second-order valence-electron chi connectivity index (χ2n) is 4.76. The standard InChI is InChI=1S/C13H19N3O/c1-10-5-6-11(8-14-10)13(17)15-12-4-3-7-16(2)9-12/h5-6,8,12H,3-4,7,9H2,1-2H3,(H,15,17)/t12-/m1/s1. The van der Waals surface area contributed by atoms with Crippen molar-refractivity contribution in [2.24, 2.45) is 0 Å². The summed E-state index contributed by atoms with van der Waals surface area (Å²) in [4.78, 5) is 18.4. The van der Waals surface area contributed by atoms with Crippen molar-refractivity contribution in [2.45, 2.75) is 25.8 Å². The summed E-state index contributed by atoms with van der Waals surface area (Å²) in [6, 6.07) is 3.95. The van der Waals surface area contributed by atoms with Crippen molar-refractivity contribution in [3.63, 3.8) is 0 Å². The first-order valence-electron chi connectivity index (χ1n) is 6.07. The highest BCUT2D eigenvalue weighted by Gasteiger charge is 2.19. The third-order valence-electron chi connectivity index (χ3n) is 3.13. The van der Waals surface area contributed by atoms with Gasteiger partial charge in [0.15, 0.2) is 0 Å². The van der Waals surface area contributed by atoms with Crippen LogP contribution in [0.2, 0.25) is 0 Å². The van der Waals surface area contributed by atoms with Crippen LogP contribution in [0.15, 0.2) is 18.3 Å². The number of aryl methyl sites for hydroxylation is 1. The third-order valence-corrected chi connectivity index (χ3v) is 3.13. The van der Waals surface area contributed by atoms with Crippen LogP contribution < -0.4 is 5.32 Å². The summed E-state index contributed by atoms with van der Waals surface area (Å²) in [5, 5.41) is 3.06. The summed E-state index contributed by atoms with van der Waals surface area (Å²) >= 11 is 0. The lowest BCUT2D eigenvalue weighted by Crippen LogP contribution is -2.46. The number of carbonyl (C=O) groups excluding carboxylic acids is 1. The van der Waals surface area contributed by atoms with Gasteiger partial charge in [-0.25, -0.2) is 0 Å². The molecule has 0 radical (unpaired) electrons. The Morgan fingerprint density at radius 1 is 1.53 bits per heavy atom. The molecule has 0 aromatic carbocycles. The number of piperidine rings is 1. The average molecular weight is 233 g/mol. The summed E-state index contributed by atoms with van der Waals surface area (Å²) < 4.78 is 0. The fourth-order valence-electron chi connectivity index (χ4n) is 2.16. The van der Waals surface area contributed by atoms with Crippen molar-refractivity contribution >= 4 is 5.91 Å². The second kappa shape index (κ2) is 5.27. The van der Waals surface area contributed by atoms with Gasteiger partial charge in [0.05, 0.1) is 5.56 Å². The molecule has 2 heterocycles. The van der Waals surface area contributed by atoms with Crippen LogP contribution in [0.3, 0.4) is 0 Å². The van der Waals surface area contributed by atoms with Gasteiger partial charge in [0.1, 0.15) is 0 Å². The minimum Gasteiger partial charge on any atom is -0.348 e. The molecule has 1 aromatic rings. The van der Waals surface area contributed by atoms with Gasteiger partial charge in [-0.3, -0.25) is 9.78 Å². The first-order valence-corrected chi connectivity index (χ1v) is 6.07. The molecule has 1 amide bonds. The lowest BCUT2D eigenvalue weighted by Gasteiger charge is -2.30. The summed E-state index contributed by atoms with van der Waals surface area (Å²) in [7, 11) is 2.09. The van der Waals surface area contributed by atoms with Crippen molar-refractivity contribution in [3.8, 4) is 0 Å². The number of likely N-dealkylation sites (N-methyl/N-ethyl adjacent to an activating group) is 1. The first kappa shape index (κ1) is 12.0. The van der Waals surface area contributed by atoms with Gasteiger partial charge in [-0.2, -0.15) is 0 Å². The van der Waals surface area contributed by atoms with Gasteiger partial charge in [-0.1, -0.05) is 0 Å². The molecule has 1 atom stereocenters. The molecule has 92 valence electrons. The third kappa shape index (κ3) is 3.27. The van der Waals surface area contributed by atoms with Crippen molar-refractivity contribution < 1.29 is 4.79 Å². The Labute approximate surface area is 102 Å². The quantitative estimate of drug-likeness (QED) is 0.835. The van der Waals surface area contributed by atoms with Crippen LogP contribution in [0, 0.1) is 6.92 Å². The van der Waals surface area contributed by atoms with Crippen LogP contribution in [0.1, 0.15) is 28.9 Å². The average Bonchev–Trinajstić information content (AvgIpc) is 2.29. The lowest BCUT2D eigenvalue weighted by atomic mass is 10.1. The number of aromatic nitrogens is 1. The van der Waals surface area contributed by atoms with Crippen LogP contribution in [0.25, 0.3) is 0 Å². The van der Waals surface area contributed by atoms with Gasteiger partial charge in [-0.05, 0) is 45.5 Å². The number of carbonyl (C=O) groups is 1. The van der Waals surface area contributed by atoms with Gasteiger partial charge in [0.25, 0.3) is 5.91 Å². The fourth-order valence-corrected chi connectivity index (χ4v) is 2.16. The number of amides is 1. The first-order chi connectivity index (χ1) is 8.15. The van der Waals surface area contributed by atoms with E-state index in [9.17, 15) is 4.79 Å². The number of rotatable bonds is 2. The predicted octanol–water partition coefficient (Wildman–Crippen LogP) is 1.21. The highest BCUT2D eigenvalue weighted by Crippen LogP contribution is 2.09. The molecule has 0 saturated carbocycles. The van der Waals surface area contributed by atoms with Crippen LogP contribution in [-0.4, -0.2) is 42.0 Å². The predicted molar refractivity (Wildman–Crippen MR) is 67.0 cm³/mol. The number of hydrogen-bond acceptors (Lipinski definition) is 3. The van der Waals surface area contributed by atoms with Gasteiger partial charge >= 0.3 is 0 Å². The topological polar surface area (TPSA) is 45.2 Å². The van der Waals surface area contributed by atoms with Crippen molar-refractivity contribution in [3.05, 3.63) is 29.6 Å². The second-order valence-corrected chi connectivity index (χ2v) is 4.76. The molecule has 2 rings (SSSR count). The molecule has 1 saturated heterocycles. The minimum absolute atomic E-state index is 0.0159. The van der Waals surface area contributed by atoms with Crippen molar-refractivity contribution in [1.29, 1.82) is 0 Å². The van der Waals surface area contributed by atoms with E-state index in [-0.39, 0.29) is 11.9 Å². The van der Waals surface area contributed by atoms with Crippen LogP contribution in [0.5, 0.6) is 0 Å². The molecular weight excluding hydrogens is 214 g/mol. The Morgan fingerprint density at radius 3 is 3.00 bits per heavy atom. The number of nitrogens with one attached hydrogen (secondary N) is 1. The van der Waals surface area contributed by atoms with E-state index in [4.69, 9.17) is 0 Å². The number of nitrogens with zero attached hydrogens (tertiary/aromatic N) is 2. The SMILES string of the molecule is Cc1ccc(C(=O)N[C@@H]2CCCN(C)C2)cn1. The van der Waals surface area contributed by atoms with Crippen molar-refractivity contribution in [1.82, 2.24) is 15.2 Å². The van der Waals surface area contributed by atoms with Crippen LogP contribution in [-0.2, 0) is 0 Å². The molecule has 0 aliphatic carbocycles. The van der Waals surface area contributed by atoms with Crippen LogP contribution >= 0.6 is 0 Å². The van der Waals surface area contributed by atoms with Gasteiger partial charge in [-0.15, -0.1) is 0 Å². The largest absolute Gasteiger partial charge is 0.348 e. The Balaban J connectivity index is 1.94. The van der Waals surface area contributed by atoms with E-state index in [1.165, 1.54) is 0 Å². The highest BCUT2D eigenvalue weighted by atomic mass is 16.1. The molecule has 1 aliphatic rings. The number of likely N-dealkylation sites (tertiary alicyclic amines) is 1. The molecule has 1 N–H and O–H groups in total. The molecule has 1 aliphatic heterocycles. The molecule has 1 aromatic heterocycles. The maximum absolute atomic E-state index is 12.0. The highest BCUT2D eigenvalue weighted by molar-refractivity contribution is 5.94. The summed E-state index contributed by atoms with van der Waals surface area (Å²) in [6.07, 6.45) is 3.85. The molecule has 0 bridgehead atoms. The Kier molecular flexibility index (Phi) is 3.74. The summed E-state index contributed by atoms with van der Waals surface area (Å²) in [5.74, 6) is -0.0159. The maximum Gasteiger partial charge on any atom is 0.253 e. The van der Waals surface area contributed by atoms with E-state index in [1.54, 1.807) is 6.20 Å². The molecule has 1 fully saturated rings. The van der Waals surface area contributed by atoms with E-state index in [1.807, 2.05) is 19.1 Å². The molecule has 17 heavy (non-hydrogen) atoms. The van der Waals surface area contributed by atoms with E-state index in [0.29, 0.717) is 5.56 Å². The molecule has 0 spiro atoms. The Morgan fingerprint density at radius 2 is 2.35 bits per heavy atom. The van der Waals surface area contributed by atoms with E-state index in [2.05, 4.69) is 22.2 Å². The normalized spacial score (nSPS) is 21.2. The van der Waals surface area contributed by atoms with E-state index >= 15 is 0 Å². The molecule has 0 unspecified atom stereocenters. The zero-order valence-corrected chi connectivity index (χ0v) is 10.4. The smallest absolute Gasteiger partial charge is 0.253 e. The molecular formula is C13H19N3O. The Hall–Kier alpha value is -1.42. The summed E-state index contributed by atoms with van der Waals surface area (Å²) in [6.45, 7) is 3.97. The zero-order valence-electron chi connectivity index (χ0n) is 10.4. The van der Waals surface area contributed by atoms with Crippen molar-refractivity contribution in [2.75, 3.05) is 20.1 Å². The number of pyridine rings is 1. The van der Waals surface area contributed by atoms with Gasteiger partial charge in [0.2, 0.25) is 0 Å². The van der Waals surface area contributed by atoms with Gasteiger partial charge < -0.3 is 10.2 Å². The van der Waals surface area contributed by atoms with E-state index < -0.39 is 0 Å². The molecule has 4 nitrogen and oxygen atoms in total. The minimum atomic E-state index is -0.0159. The molecule has 4 heteroatoms. The Bertz CT molecular complexity index is 388.